The van der Waals surface area contributed by atoms with Crippen LogP contribution in [0, 0.1) is 10.1 Å². The van der Waals surface area contributed by atoms with E-state index < -0.39 is 10.8 Å². The predicted octanol–water partition coefficient (Wildman–Crippen LogP) is 2.83. The molecular formula is C15H10ClN3O5. The number of carbonyl (C=O) groups is 2. The summed E-state index contributed by atoms with van der Waals surface area (Å²) in [5.41, 5.74) is 0.577. The Labute approximate surface area is 140 Å². The van der Waals surface area contributed by atoms with Crippen LogP contribution < -0.4 is 15.4 Å². The van der Waals surface area contributed by atoms with Gasteiger partial charge in [-0.1, -0.05) is 11.6 Å². The van der Waals surface area contributed by atoms with Crippen LogP contribution in [0.25, 0.3) is 0 Å². The minimum absolute atomic E-state index is 0.0507. The van der Waals surface area contributed by atoms with E-state index in [4.69, 9.17) is 16.3 Å². The van der Waals surface area contributed by atoms with Gasteiger partial charge in [0.15, 0.2) is 6.61 Å². The summed E-state index contributed by atoms with van der Waals surface area (Å²) in [5, 5.41) is 16.1. The monoisotopic (exact) mass is 347 g/mol. The van der Waals surface area contributed by atoms with Crippen LogP contribution in [0.1, 0.15) is 10.4 Å². The summed E-state index contributed by atoms with van der Waals surface area (Å²) >= 11 is 5.72. The maximum Gasteiger partial charge on any atom is 0.288 e. The first-order valence-electron chi connectivity index (χ1n) is 6.76. The summed E-state index contributed by atoms with van der Waals surface area (Å²) in [7, 11) is 0. The molecule has 0 aliphatic carbocycles. The molecule has 9 heteroatoms. The van der Waals surface area contributed by atoms with E-state index in [-0.39, 0.29) is 28.8 Å². The second-order valence-corrected chi connectivity index (χ2v) is 5.33. The molecule has 0 atom stereocenters. The quantitative estimate of drug-likeness (QED) is 0.655. The molecule has 122 valence electrons. The molecule has 2 aromatic carbocycles. The Balaban J connectivity index is 1.83. The Hall–Kier alpha value is -3.13. The number of ether oxygens (including phenoxy) is 1. The van der Waals surface area contributed by atoms with Gasteiger partial charge >= 0.3 is 0 Å². The Morgan fingerprint density at radius 2 is 2.08 bits per heavy atom. The lowest BCUT2D eigenvalue weighted by atomic mass is 10.1. The lowest BCUT2D eigenvalue weighted by Gasteiger charge is -2.18. The average Bonchev–Trinajstić information content (AvgIpc) is 2.54. The molecule has 1 heterocycles. The Kier molecular flexibility index (Phi) is 4.05. The van der Waals surface area contributed by atoms with E-state index in [0.29, 0.717) is 17.1 Å². The molecule has 0 saturated carbocycles. The van der Waals surface area contributed by atoms with Gasteiger partial charge in [0, 0.05) is 17.3 Å². The number of halogens is 1. The van der Waals surface area contributed by atoms with Crippen molar-refractivity contribution in [2.75, 3.05) is 17.2 Å². The number of amides is 2. The van der Waals surface area contributed by atoms with Gasteiger partial charge in [0.05, 0.1) is 10.6 Å². The molecular weight excluding hydrogens is 338 g/mol. The summed E-state index contributed by atoms with van der Waals surface area (Å²) in [6, 6.07) is 8.51. The van der Waals surface area contributed by atoms with Crippen LogP contribution in [0.2, 0.25) is 5.02 Å². The van der Waals surface area contributed by atoms with Crippen LogP contribution in [0.4, 0.5) is 17.1 Å². The molecule has 2 amide bonds. The first-order chi connectivity index (χ1) is 11.4. The molecule has 0 unspecified atom stereocenters. The molecule has 1 aliphatic heterocycles. The summed E-state index contributed by atoms with van der Waals surface area (Å²) in [5.74, 6) is -0.341. The van der Waals surface area contributed by atoms with E-state index in [2.05, 4.69) is 10.6 Å². The number of nitrogens with zero attached hydrogens (tertiary/aromatic N) is 1. The fourth-order valence-electron chi connectivity index (χ4n) is 2.16. The van der Waals surface area contributed by atoms with E-state index in [1.54, 1.807) is 12.1 Å². The molecule has 1 aliphatic rings. The first kappa shape index (κ1) is 15.8. The highest BCUT2D eigenvalue weighted by Crippen LogP contribution is 2.31. The van der Waals surface area contributed by atoms with E-state index in [1.165, 1.54) is 18.2 Å². The number of nitro groups is 1. The summed E-state index contributed by atoms with van der Waals surface area (Å²) in [6.45, 7) is -0.0624. The van der Waals surface area contributed by atoms with Crippen molar-refractivity contribution in [1.82, 2.24) is 0 Å². The number of fused-ring (bicyclic) bond motifs is 1. The van der Waals surface area contributed by atoms with Gasteiger partial charge in [0.2, 0.25) is 0 Å². The number of hydrogen-bond acceptors (Lipinski definition) is 5. The fraction of sp³-hybridized carbons (Fsp3) is 0.0667. The molecule has 0 radical (unpaired) electrons. The minimum atomic E-state index is -0.662. The second kappa shape index (κ2) is 6.17. The molecule has 24 heavy (non-hydrogen) atoms. The highest BCUT2D eigenvalue weighted by Gasteiger charge is 2.18. The lowest BCUT2D eigenvalue weighted by molar-refractivity contribution is -0.384. The number of carbonyl (C=O) groups excluding carboxylic acids is 2. The Morgan fingerprint density at radius 1 is 1.29 bits per heavy atom. The molecule has 0 bridgehead atoms. The Morgan fingerprint density at radius 3 is 2.83 bits per heavy atom. The topological polar surface area (TPSA) is 111 Å². The highest BCUT2D eigenvalue weighted by molar-refractivity contribution is 6.32. The number of rotatable bonds is 3. The summed E-state index contributed by atoms with van der Waals surface area (Å²) in [4.78, 5) is 33.8. The molecule has 2 N–H and O–H groups in total. The van der Waals surface area contributed by atoms with Crippen LogP contribution in [0.5, 0.6) is 5.75 Å². The maximum atomic E-state index is 12.2. The zero-order valence-corrected chi connectivity index (χ0v) is 12.8. The van der Waals surface area contributed by atoms with Gasteiger partial charge in [-0.3, -0.25) is 19.7 Å². The van der Waals surface area contributed by atoms with Crippen molar-refractivity contribution >= 4 is 40.5 Å². The second-order valence-electron chi connectivity index (χ2n) is 4.93. The van der Waals surface area contributed by atoms with E-state index in [1.807, 2.05) is 0 Å². The summed E-state index contributed by atoms with van der Waals surface area (Å²) in [6.07, 6.45) is 0. The smallest absolute Gasteiger partial charge is 0.288 e. The molecule has 0 fully saturated rings. The number of hydrogen-bond donors (Lipinski definition) is 2. The zero-order chi connectivity index (χ0) is 17.3. The van der Waals surface area contributed by atoms with Gasteiger partial charge in [-0.2, -0.15) is 0 Å². The number of benzene rings is 2. The first-order valence-corrected chi connectivity index (χ1v) is 7.14. The standard InChI is InChI=1S/C15H10ClN3O5/c16-10-3-1-8(5-12(10)19(22)23)15(21)17-9-2-4-13-11(6-9)18-14(20)7-24-13/h1-6H,7H2,(H,17,21)(H,18,20). The van der Waals surface area contributed by atoms with E-state index in [0.717, 1.165) is 6.07 Å². The van der Waals surface area contributed by atoms with E-state index in [9.17, 15) is 19.7 Å². The minimum Gasteiger partial charge on any atom is -0.482 e. The largest absolute Gasteiger partial charge is 0.482 e. The van der Waals surface area contributed by atoms with Crippen molar-refractivity contribution in [1.29, 1.82) is 0 Å². The Bertz CT molecular complexity index is 868. The van der Waals surface area contributed by atoms with Crippen molar-refractivity contribution in [2.24, 2.45) is 0 Å². The van der Waals surface area contributed by atoms with Crippen LogP contribution in [0.3, 0.4) is 0 Å². The number of nitrogens with one attached hydrogen (secondary N) is 2. The number of nitro benzene ring substituents is 1. The summed E-state index contributed by atoms with van der Waals surface area (Å²) < 4.78 is 5.22. The van der Waals surface area contributed by atoms with Crippen LogP contribution >= 0.6 is 11.6 Å². The van der Waals surface area contributed by atoms with Crippen LogP contribution in [-0.4, -0.2) is 23.3 Å². The average molecular weight is 348 g/mol. The van der Waals surface area contributed by atoms with Gasteiger partial charge in [0.25, 0.3) is 17.5 Å². The highest BCUT2D eigenvalue weighted by atomic mass is 35.5. The van der Waals surface area contributed by atoms with Crippen molar-refractivity contribution in [3.05, 3.63) is 57.1 Å². The molecule has 0 aromatic heterocycles. The van der Waals surface area contributed by atoms with Crippen molar-refractivity contribution < 1.29 is 19.2 Å². The van der Waals surface area contributed by atoms with E-state index >= 15 is 0 Å². The molecule has 0 saturated heterocycles. The third-order valence-electron chi connectivity index (χ3n) is 3.28. The predicted molar refractivity (Wildman–Crippen MR) is 86.6 cm³/mol. The van der Waals surface area contributed by atoms with Crippen LogP contribution in [-0.2, 0) is 4.79 Å². The van der Waals surface area contributed by atoms with Gasteiger partial charge in [-0.15, -0.1) is 0 Å². The zero-order valence-electron chi connectivity index (χ0n) is 12.0. The third kappa shape index (κ3) is 3.13. The van der Waals surface area contributed by atoms with Crippen molar-refractivity contribution in [2.45, 2.75) is 0 Å². The van der Waals surface area contributed by atoms with Crippen LogP contribution in [0.15, 0.2) is 36.4 Å². The lowest BCUT2D eigenvalue weighted by Crippen LogP contribution is -2.25. The molecule has 8 nitrogen and oxygen atoms in total. The maximum absolute atomic E-state index is 12.2. The van der Waals surface area contributed by atoms with Crippen molar-refractivity contribution in [3.63, 3.8) is 0 Å². The third-order valence-corrected chi connectivity index (χ3v) is 3.59. The molecule has 0 spiro atoms. The molecule has 2 aromatic rings. The number of anilines is 2. The van der Waals surface area contributed by atoms with Gasteiger partial charge in [0.1, 0.15) is 10.8 Å². The fourth-order valence-corrected chi connectivity index (χ4v) is 2.34. The molecule has 3 rings (SSSR count). The van der Waals surface area contributed by atoms with Gasteiger partial charge in [-0.25, -0.2) is 0 Å². The van der Waals surface area contributed by atoms with Crippen molar-refractivity contribution in [3.8, 4) is 5.75 Å². The van der Waals surface area contributed by atoms with Gasteiger partial charge < -0.3 is 15.4 Å². The normalized spacial score (nSPS) is 12.6. The van der Waals surface area contributed by atoms with Gasteiger partial charge in [-0.05, 0) is 30.3 Å². The SMILES string of the molecule is O=C1COc2ccc(NC(=O)c3ccc(Cl)c([N+](=O)[O-])c3)cc2N1.